The maximum Gasteiger partial charge on any atom is 0.573 e. The van der Waals surface area contributed by atoms with Crippen LogP contribution in [0.5, 0.6) is 17.2 Å². The van der Waals surface area contributed by atoms with Gasteiger partial charge in [0.25, 0.3) is 0 Å². The Morgan fingerprint density at radius 1 is 0.811 bits per heavy atom. The molecule has 0 saturated heterocycles. The van der Waals surface area contributed by atoms with Gasteiger partial charge in [-0.05, 0) is 35.9 Å². The summed E-state index contributed by atoms with van der Waals surface area (Å²) in [6, 6.07) is 13.1. The first-order chi connectivity index (χ1) is 17.5. The monoisotopic (exact) mass is 523 g/mol. The fraction of sp³-hybridized carbons (Fsp3) is 0.200. The first-order valence-electron chi connectivity index (χ1n) is 10.7. The third-order valence-electron chi connectivity index (χ3n) is 5.24. The zero-order valence-corrected chi connectivity index (χ0v) is 19.4. The lowest BCUT2D eigenvalue weighted by molar-refractivity contribution is -0.274. The lowest BCUT2D eigenvalue weighted by Crippen LogP contribution is -2.17. The molecule has 0 aliphatic heterocycles. The quantitative estimate of drug-likeness (QED) is 0.268. The van der Waals surface area contributed by atoms with Crippen molar-refractivity contribution in [2.75, 3.05) is 19.5 Å². The van der Waals surface area contributed by atoms with Gasteiger partial charge in [-0.2, -0.15) is 13.2 Å². The molecular weight excluding hydrogens is 504 g/mol. The molecule has 4 rings (SSSR count). The van der Waals surface area contributed by atoms with E-state index in [0.29, 0.717) is 28.0 Å². The number of fused-ring (bicyclic) bond motifs is 1. The number of ether oxygens (including phenoxy) is 3. The van der Waals surface area contributed by atoms with Crippen molar-refractivity contribution in [2.45, 2.75) is 19.1 Å². The summed E-state index contributed by atoms with van der Waals surface area (Å²) in [6.07, 6.45) is -9.39. The second-order valence-corrected chi connectivity index (χ2v) is 7.75. The molecule has 0 unspecified atom stereocenters. The maximum absolute atomic E-state index is 13.1. The second kappa shape index (κ2) is 10.0. The molecule has 0 atom stereocenters. The Morgan fingerprint density at radius 3 is 2.19 bits per heavy atom. The molecule has 194 valence electrons. The summed E-state index contributed by atoms with van der Waals surface area (Å²) in [5, 5.41) is 3.46. The Labute approximate surface area is 206 Å². The van der Waals surface area contributed by atoms with Crippen LogP contribution in [0.4, 0.5) is 32.2 Å². The van der Waals surface area contributed by atoms with Crippen LogP contribution in [0.1, 0.15) is 11.1 Å². The van der Waals surface area contributed by atoms with Crippen LogP contribution in [0.25, 0.3) is 22.3 Å². The molecular formula is C25H19F6N3O3. The molecule has 1 heterocycles. The fourth-order valence-electron chi connectivity index (χ4n) is 3.60. The average molecular weight is 523 g/mol. The highest BCUT2D eigenvalue weighted by atomic mass is 19.4. The van der Waals surface area contributed by atoms with Gasteiger partial charge in [0.15, 0.2) is 17.3 Å². The van der Waals surface area contributed by atoms with Crippen LogP contribution >= 0.6 is 0 Å². The standard InChI is InChI=1S/C25H19F6N3O3/c1-35-20-11-18-19(12-21(20)36-2)33-22(15-6-4-8-17(10-15)37-25(29,30)31)34-23(18)32-13-14-5-3-7-16(9-14)24(26,27)28/h3-12H,13H2,1-2H3,(H,32,33,34). The number of benzene rings is 3. The van der Waals surface area contributed by atoms with Crippen molar-refractivity contribution in [2.24, 2.45) is 0 Å². The lowest BCUT2D eigenvalue weighted by atomic mass is 10.1. The van der Waals surface area contributed by atoms with Gasteiger partial charge in [-0.25, -0.2) is 9.97 Å². The highest BCUT2D eigenvalue weighted by Gasteiger charge is 2.31. The lowest BCUT2D eigenvalue weighted by Gasteiger charge is -2.15. The molecule has 0 aliphatic rings. The molecule has 0 aliphatic carbocycles. The number of anilines is 1. The summed E-state index contributed by atoms with van der Waals surface area (Å²) < 4.78 is 92.1. The summed E-state index contributed by atoms with van der Waals surface area (Å²) in [5.74, 6) is 0.519. The Balaban J connectivity index is 1.78. The summed E-state index contributed by atoms with van der Waals surface area (Å²) in [5.41, 5.74) is 0.119. The zero-order valence-electron chi connectivity index (χ0n) is 19.4. The van der Waals surface area contributed by atoms with E-state index in [4.69, 9.17) is 9.47 Å². The minimum absolute atomic E-state index is 0.0267. The topological polar surface area (TPSA) is 65.5 Å². The molecule has 0 amide bonds. The number of aromatic nitrogens is 2. The number of hydrogen-bond acceptors (Lipinski definition) is 6. The Hall–Kier alpha value is -4.22. The number of halogens is 6. The molecule has 4 aromatic rings. The number of nitrogens with one attached hydrogen (secondary N) is 1. The molecule has 1 N–H and O–H groups in total. The van der Waals surface area contributed by atoms with Gasteiger partial charge < -0.3 is 19.5 Å². The third kappa shape index (κ3) is 6.13. The van der Waals surface area contributed by atoms with E-state index in [1.807, 2.05) is 0 Å². The Bertz CT molecular complexity index is 1420. The van der Waals surface area contributed by atoms with Gasteiger partial charge in [-0.1, -0.05) is 24.3 Å². The molecule has 0 saturated carbocycles. The van der Waals surface area contributed by atoms with E-state index in [-0.39, 0.29) is 23.8 Å². The number of rotatable bonds is 7. The first kappa shape index (κ1) is 25.9. The normalized spacial score (nSPS) is 11.9. The van der Waals surface area contributed by atoms with Crippen molar-refractivity contribution >= 4 is 16.7 Å². The van der Waals surface area contributed by atoms with E-state index in [0.717, 1.165) is 24.3 Å². The van der Waals surface area contributed by atoms with Crippen LogP contribution < -0.4 is 19.5 Å². The highest BCUT2D eigenvalue weighted by molar-refractivity contribution is 5.93. The van der Waals surface area contributed by atoms with Crippen molar-refractivity contribution in [3.05, 3.63) is 71.8 Å². The smallest absolute Gasteiger partial charge is 0.493 e. The highest BCUT2D eigenvalue weighted by Crippen LogP contribution is 2.36. The fourth-order valence-corrected chi connectivity index (χ4v) is 3.60. The van der Waals surface area contributed by atoms with E-state index >= 15 is 0 Å². The first-order valence-corrected chi connectivity index (χ1v) is 10.7. The predicted octanol–water partition coefficient (Wildman–Crippen LogP) is 6.84. The number of methoxy groups -OCH3 is 2. The molecule has 1 aromatic heterocycles. The Kier molecular flexibility index (Phi) is 7.01. The summed E-state index contributed by atoms with van der Waals surface area (Å²) >= 11 is 0. The number of nitrogens with zero attached hydrogens (tertiary/aromatic N) is 2. The molecule has 0 spiro atoms. The minimum Gasteiger partial charge on any atom is -0.493 e. The van der Waals surface area contributed by atoms with E-state index in [2.05, 4.69) is 20.0 Å². The number of alkyl halides is 6. The summed E-state index contributed by atoms with van der Waals surface area (Å²) in [7, 11) is 2.86. The SMILES string of the molecule is COc1cc2nc(-c3cccc(OC(F)(F)F)c3)nc(NCc3cccc(C(F)(F)F)c3)c2cc1OC. The van der Waals surface area contributed by atoms with Gasteiger partial charge in [0.05, 0.1) is 25.3 Å². The molecule has 0 fully saturated rings. The van der Waals surface area contributed by atoms with Crippen molar-refractivity contribution in [1.82, 2.24) is 9.97 Å². The molecule has 6 nitrogen and oxygen atoms in total. The molecule has 12 heteroatoms. The maximum atomic E-state index is 13.1. The van der Waals surface area contributed by atoms with Crippen molar-refractivity contribution in [3.63, 3.8) is 0 Å². The van der Waals surface area contributed by atoms with E-state index in [1.54, 1.807) is 12.1 Å². The van der Waals surface area contributed by atoms with E-state index in [9.17, 15) is 26.3 Å². The van der Waals surface area contributed by atoms with Crippen LogP contribution in [-0.2, 0) is 12.7 Å². The van der Waals surface area contributed by atoms with Gasteiger partial charge in [0, 0.05) is 23.6 Å². The summed E-state index contributed by atoms with van der Waals surface area (Å²) in [6.45, 7) is -0.0267. The zero-order chi connectivity index (χ0) is 26.8. The van der Waals surface area contributed by atoms with Crippen molar-refractivity contribution in [1.29, 1.82) is 0 Å². The minimum atomic E-state index is -4.88. The van der Waals surface area contributed by atoms with E-state index in [1.165, 1.54) is 38.5 Å². The van der Waals surface area contributed by atoms with Gasteiger partial charge in [-0.3, -0.25) is 0 Å². The number of hydrogen-bond donors (Lipinski definition) is 1. The third-order valence-corrected chi connectivity index (χ3v) is 5.24. The predicted molar refractivity (Wildman–Crippen MR) is 124 cm³/mol. The van der Waals surface area contributed by atoms with Crippen LogP contribution in [-0.4, -0.2) is 30.5 Å². The van der Waals surface area contributed by atoms with Gasteiger partial charge >= 0.3 is 12.5 Å². The van der Waals surface area contributed by atoms with E-state index < -0.39 is 23.9 Å². The molecule has 0 bridgehead atoms. The molecule has 0 radical (unpaired) electrons. The van der Waals surface area contributed by atoms with Gasteiger partial charge in [0.2, 0.25) is 0 Å². The van der Waals surface area contributed by atoms with Crippen LogP contribution in [0.3, 0.4) is 0 Å². The molecule has 3 aromatic carbocycles. The van der Waals surface area contributed by atoms with Crippen LogP contribution in [0, 0.1) is 0 Å². The Morgan fingerprint density at radius 2 is 1.51 bits per heavy atom. The van der Waals surface area contributed by atoms with Crippen LogP contribution in [0.15, 0.2) is 60.7 Å². The van der Waals surface area contributed by atoms with Crippen LogP contribution in [0.2, 0.25) is 0 Å². The van der Waals surface area contributed by atoms with Gasteiger partial charge in [-0.15, -0.1) is 13.2 Å². The average Bonchev–Trinajstić information content (AvgIpc) is 2.85. The summed E-state index contributed by atoms with van der Waals surface area (Å²) in [4.78, 5) is 8.91. The second-order valence-electron chi connectivity index (χ2n) is 7.75. The van der Waals surface area contributed by atoms with Crippen molar-refractivity contribution < 1.29 is 40.6 Å². The molecule has 37 heavy (non-hydrogen) atoms. The largest absolute Gasteiger partial charge is 0.573 e. The van der Waals surface area contributed by atoms with Crippen molar-refractivity contribution in [3.8, 4) is 28.6 Å². The van der Waals surface area contributed by atoms with Gasteiger partial charge in [0.1, 0.15) is 11.6 Å².